The monoisotopic (exact) mass is 374 g/mol. The van der Waals surface area contributed by atoms with Crippen molar-refractivity contribution in [3.63, 3.8) is 0 Å². The third kappa shape index (κ3) is 4.88. The predicted octanol–water partition coefficient (Wildman–Crippen LogP) is 5.06. The van der Waals surface area contributed by atoms with E-state index in [4.69, 9.17) is 0 Å². The van der Waals surface area contributed by atoms with Crippen LogP contribution >= 0.6 is 24.8 Å². The van der Waals surface area contributed by atoms with Gasteiger partial charge in [-0.05, 0) is 80.3 Å². The highest BCUT2D eigenvalue weighted by atomic mass is 35.5. The summed E-state index contributed by atoms with van der Waals surface area (Å²) in [4.78, 5) is 2.71. The van der Waals surface area contributed by atoms with E-state index in [-0.39, 0.29) is 24.8 Å². The van der Waals surface area contributed by atoms with Gasteiger partial charge in [-0.25, -0.2) is 0 Å². The number of hydrogen-bond acceptors (Lipinski definition) is 2. The van der Waals surface area contributed by atoms with Crippen LogP contribution in [0.3, 0.4) is 0 Å². The van der Waals surface area contributed by atoms with Crippen LogP contribution in [0.2, 0.25) is 0 Å². The average molecular weight is 375 g/mol. The fraction of sp³-hybridized carbons (Fsp3) is 0.700. The van der Waals surface area contributed by atoms with E-state index in [0.29, 0.717) is 6.04 Å². The maximum Gasteiger partial charge on any atom is 0.0357 e. The van der Waals surface area contributed by atoms with Gasteiger partial charge in [0, 0.05) is 32.2 Å². The zero-order valence-corrected chi connectivity index (χ0v) is 18.1. The predicted molar refractivity (Wildman–Crippen MR) is 111 cm³/mol. The molecule has 1 aliphatic rings. The first-order valence-corrected chi connectivity index (χ1v) is 8.86. The van der Waals surface area contributed by atoms with E-state index in [1.54, 1.807) is 5.56 Å². The molecule has 0 aromatic heterocycles. The molecule has 1 atom stereocenters. The van der Waals surface area contributed by atoms with Gasteiger partial charge in [0.2, 0.25) is 0 Å². The standard InChI is InChI=1S/C20H34N2.2ClH/c1-13(2)12-19(22-10-8-21-9-11-22)20-17(6)15(4)14(3)16(5)18(20)7;;/h13,19,21H,8-12H2,1-7H3;2*1H/t19-;;/m1../s1. The molecule has 0 aliphatic carbocycles. The van der Waals surface area contributed by atoms with Crippen LogP contribution in [-0.2, 0) is 0 Å². The Labute approximate surface area is 161 Å². The maximum atomic E-state index is 3.49. The van der Waals surface area contributed by atoms with E-state index >= 15 is 0 Å². The highest BCUT2D eigenvalue weighted by Gasteiger charge is 2.27. The molecule has 140 valence electrons. The summed E-state index contributed by atoms with van der Waals surface area (Å²) in [5.74, 6) is 0.723. The number of nitrogens with zero attached hydrogens (tertiary/aromatic N) is 1. The van der Waals surface area contributed by atoms with Gasteiger partial charge < -0.3 is 5.32 Å². The Bertz CT molecular complexity index is 506. The SMILES string of the molecule is Cc1c(C)c(C)c([C@@H](CC(C)C)N2CCNCC2)c(C)c1C.Cl.Cl. The van der Waals surface area contributed by atoms with Crippen LogP contribution in [0.5, 0.6) is 0 Å². The quantitative estimate of drug-likeness (QED) is 0.791. The molecule has 1 aromatic carbocycles. The molecule has 2 nitrogen and oxygen atoms in total. The van der Waals surface area contributed by atoms with E-state index in [1.165, 1.54) is 47.3 Å². The van der Waals surface area contributed by atoms with Gasteiger partial charge in [0.25, 0.3) is 0 Å². The molecule has 1 aromatic rings. The summed E-state index contributed by atoms with van der Waals surface area (Å²) in [5, 5.41) is 3.49. The average Bonchev–Trinajstić information content (AvgIpc) is 2.50. The van der Waals surface area contributed by atoms with E-state index in [9.17, 15) is 0 Å². The first-order chi connectivity index (χ1) is 10.3. The maximum absolute atomic E-state index is 3.49. The first-order valence-electron chi connectivity index (χ1n) is 8.86. The van der Waals surface area contributed by atoms with Crippen LogP contribution in [0, 0.1) is 40.5 Å². The van der Waals surface area contributed by atoms with Crippen molar-refractivity contribution in [3.05, 3.63) is 33.4 Å². The summed E-state index contributed by atoms with van der Waals surface area (Å²) in [6.45, 7) is 20.8. The lowest BCUT2D eigenvalue weighted by molar-refractivity contribution is 0.153. The first kappa shape index (κ1) is 23.7. The smallest absolute Gasteiger partial charge is 0.0357 e. The molecule has 4 heteroatoms. The summed E-state index contributed by atoms with van der Waals surface area (Å²) in [6, 6.07) is 0.570. The number of halogens is 2. The molecule has 1 fully saturated rings. The summed E-state index contributed by atoms with van der Waals surface area (Å²) in [7, 11) is 0. The Kier molecular flexibility index (Phi) is 9.89. The summed E-state index contributed by atoms with van der Waals surface area (Å²) in [5.41, 5.74) is 9.09. The molecule has 0 spiro atoms. The molecule has 1 saturated heterocycles. The molecule has 0 unspecified atom stereocenters. The zero-order chi connectivity index (χ0) is 16.4. The lowest BCUT2D eigenvalue weighted by Gasteiger charge is -2.38. The van der Waals surface area contributed by atoms with Crippen LogP contribution in [0.4, 0.5) is 0 Å². The number of piperazine rings is 1. The van der Waals surface area contributed by atoms with E-state index in [1.807, 2.05) is 0 Å². The van der Waals surface area contributed by atoms with Gasteiger partial charge in [0.1, 0.15) is 0 Å². The van der Waals surface area contributed by atoms with Gasteiger partial charge in [-0.15, -0.1) is 24.8 Å². The second-order valence-electron chi connectivity index (χ2n) is 7.47. The lowest BCUT2D eigenvalue weighted by atomic mass is 9.83. The minimum Gasteiger partial charge on any atom is -0.314 e. The number of nitrogens with one attached hydrogen (secondary N) is 1. The second kappa shape index (κ2) is 10.0. The van der Waals surface area contributed by atoms with Crippen molar-refractivity contribution in [2.24, 2.45) is 5.92 Å². The fourth-order valence-electron chi connectivity index (χ4n) is 3.92. The summed E-state index contributed by atoms with van der Waals surface area (Å²) < 4.78 is 0. The van der Waals surface area contributed by atoms with Crippen molar-refractivity contribution in [1.82, 2.24) is 10.2 Å². The molecule has 1 aliphatic heterocycles. The zero-order valence-electron chi connectivity index (χ0n) is 16.5. The molecule has 0 radical (unpaired) electrons. The summed E-state index contributed by atoms with van der Waals surface area (Å²) >= 11 is 0. The van der Waals surface area contributed by atoms with Gasteiger partial charge in [-0.3, -0.25) is 4.90 Å². The molecular formula is C20H36Cl2N2. The van der Waals surface area contributed by atoms with Crippen molar-refractivity contribution >= 4 is 24.8 Å². The molecule has 0 saturated carbocycles. The third-order valence-electron chi connectivity index (χ3n) is 5.68. The van der Waals surface area contributed by atoms with Gasteiger partial charge in [-0.2, -0.15) is 0 Å². The highest BCUT2D eigenvalue weighted by Crippen LogP contribution is 2.36. The number of hydrogen-bond donors (Lipinski definition) is 1. The van der Waals surface area contributed by atoms with Gasteiger partial charge in [0.05, 0.1) is 0 Å². The summed E-state index contributed by atoms with van der Waals surface area (Å²) in [6.07, 6.45) is 1.25. The normalized spacial score (nSPS) is 16.5. The van der Waals surface area contributed by atoms with Crippen LogP contribution in [-0.4, -0.2) is 31.1 Å². The Morgan fingerprint density at radius 1 is 0.792 bits per heavy atom. The van der Waals surface area contributed by atoms with E-state index in [2.05, 4.69) is 58.7 Å². The Morgan fingerprint density at radius 2 is 1.21 bits per heavy atom. The molecule has 2 rings (SSSR count). The molecule has 24 heavy (non-hydrogen) atoms. The minimum atomic E-state index is 0. The Hall–Kier alpha value is -0.280. The van der Waals surface area contributed by atoms with Gasteiger partial charge in [-0.1, -0.05) is 13.8 Å². The van der Waals surface area contributed by atoms with Crippen LogP contribution in [0.15, 0.2) is 0 Å². The van der Waals surface area contributed by atoms with E-state index < -0.39 is 0 Å². The molecule has 1 heterocycles. The van der Waals surface area contributed by atoms with Gasteiger partial charge >= 0.3 is 0 Å². The van der Waals surface area contributed by atoms with Crippen LogP contribution in [0.25, 0.3) is 0 Å². The Balaban J connectivity index is 0.00000264. The fourth-order valence-corrected chi connectivity index (χ4v) is 3.92. The van der Waals surface area contributed by atoms with Crippen molar-refractivity contribution < 1.29 is 0 Å². The minimum absolute atomic E-state index is 0. The van der Waals surface area contributed by atoms with Crippen LogP contribution < -0.4 is 5.32 Å². The van der Waals surface area contributed by atoms with Crippen molar-refractivity contribution in [2.45, 2.75) is 60.9 Å². The lowest BCUT2D eigenvalue weighted by Crippen LogP contribution is -2.45. The largest absolute Gasteiger partial charge is 0.314 e. The Morgan fingerprint density at radius 3 is 1.62 bits per heavy atom. The van der Waals surface area contributed by atoms with Crippen molar-refractivity contribution in [1.29, 1.82) is 0 Å². The molecule has 1 N–H and O–H groups in total. The molecular weight excluding hydrogens is 339 g/mol. The molecule has 0 bridgehead atoms. The topological polar surface area (TPSA) is 15.3 Å². The van der Waals surface area contributed by atoms with Crippen molar-refractivity contribution in [2.75, 3.05) is 26.2 Å². The molecule has 0 amide bonds. The number of rotatable bonds is 4. The third-order valence-corrected chi connectivity index (χ3v) is 5.68. The van der Waals surface area contributed by atoms with Gasteiger partial charge in [0.15, 0.2) is 0 Å². The van der Waals surface area contributed by atoms with Crippen LogP contribution in [0.1, 0.15) is 59.7 Å². The second-order valence-corrected chi connectivity index (χ2v) is 7.47. The van der Waals surface area contributed by atoms with Crippen molar-refractivity contribution in [3.8, 4) is 0 Å². The number of benzene rings is 1. The van der Waals surface area contributed by atoms with E-state index in [0.717, 1.165) is 19.0 Å². The highest BCUT2D eigenvalue weighted by molar-refractivity contribution is 5.85.